The Labute approximate surface area is 118 Å². The second-order valence-electron chi connectivity index (χ2n) is 4.35. The Morgan fingerprint density at radius 1 is 1.37 bits per heavy atom. The van der Waals surface area contributed by atoms with Crippen LogP contribution in [0.5, 0.6) is 0 Å². The predicted octanol–water partition coefficient (Wildman–Crippen LogP) is 3.41. The molecule has 1 heterocycles. The van der Waals surface area contributed by atoms with Crippen molar-refractivity contribution < 1.29 is 0 Å². The van der Waals surface area contributed by atoms with E-state index in [0.717, 1.165) is 22.8 Å². The van der Waals surface area contributed by atoms with Crippen LogP contribution in [0.2, 0.25) is 0 Å². The van der Waals surface area contributed by atoms with E-state index in [1.54, 1.807) is 11.8 Å². The Morgan fingerprint density at radius 2 is 2.16 bits per heavy atom. The minimum Gasteiger partial charge on any atom is -0.355 e. The lowest BCUT2D eigenvalue weighted by Crippen LogP contribution is -2.23. The molecule has 1 aromatic carbocycles. The van der Waals surface area contributed by atoms with E-state index in [1.807, 2.05) is 24.4 Å². The van der Waals surface area contributed by atoms with E-state index >= 15 is 0 Å². The zero-order valence-electron chi connectivity index (χ0n) is 11.6. The summed E-state index contributed by atoms with van der Waals surface area (Å²) >= 11 is 1.68. The van der Waals surface area contributed by atoms with Crippen LogP contribution in [0, 0.1) is 0 Å². The van der Waals surface area contributed by atoms with Crippen LogP contribution in [-0.2, 0) is 6.54 Å². The van der Waals surface area contributed by atoms with Crippen molar-refractivity contribution in [2.24, 2.45) is 4.99 Å². The summed E-state index contributed by atoms with van der Waals surface area (Å²) < 4.78 is 0. The van der Waals surface area contributed by atoms with E-state index in [-0.39, 0.29) is 0 Å². The molecule has 100 valence electrons. The second kappa shape index (κ2) is 6.57. The van der Waals surface area contributed by atoms with Gasteiger partial charge in [0.1, 0.15) is 0 Å². The molecule has 0 unspecified atom stereocenters. The maximum atomic E-state index is 4.66. The van der Waals surface area contributed by atoms with E-state index in [9.17, 15) is 0 Å². The van der Waals surface area contributed by atoms with E-state index in [4.69, 9.17) is 0 Å². The number of nitrogens with zero attached hydrogens (tertiary/aromatic N) is 3. The number of hydrogen-bond donors (Lipinski definition) is 0. The summed E-state index contributed by atoms with van der Waals surface area (Å²) in [5.74, 6) is 0. The van der Waals surface area contributed by atoms with Crippen molar-refractivity contribution >= 4 is 27.8 Å². The van der Waals surface area contributed by atoms with Crippen molar-refractivity contribution in [3.8, 4) is 0 Å². The molecular formula is C15H19N3S. The zero-order chi connectivity index (χ0) is 13.7. The molecule has 2 aromatic rings. The van der Waals surface area contributed by atoms with Crippen molar-refractivity contribution in [1.82, 2.24) is 9.88 Å². The first-order chi connectivity index (χ1) is 9.24. The van der Waals surface area contributed by atoms with Crippen LogP contribution >= 0.6 is 11.8 Å². The summed E-state index contributed by atoms with van der Waals surface area (Å²) in [5, 5.41) is 2.24. The summed E-state index contributed by atoms with van der Waals surface area (Å²) in [5.41, 5.74) is 2.18. The summed E-state index contributed by atoms with van der Waals surface area (Å²) in [6.45, 7) is 3.78. The summed E-state index contributed by atoms with van der Waals surface area (Å²) in [7, 11) is 2.06. The molecule has 0 fully saturated rings. The van der Waals surface area contributed by atoms with Crippen molar-refractivity contribution in [2.45, 2.75) is 13.5 Å². The smallest absolute Gasteiger partial charge is 0.158 e. The van der Waals surface area contributed by atoms with Gasteiger partial charge in [0.2, 0.25) is 0 Å². The molecule has 0 N–H and O–H groups in total. The van der Waals surface area contributed by atoms with E-state index in [2.05, 4.69) is 47.2 Å². The van der Waals surface area contributed by atoms with Gasteiger partial charge >= 0.3 is 0 Å². The monoisotopic (exact) mass is 273 g/mol. The van der Waals surface area contributed by atoms with Gasteiger partial charge in [0.05, 0.1) is 12.1 Å². The minimum atomic E-state index is 0.679. The van der Waals surface area contributed by atoms with Gasteiger partial charge in [0.25, 0.3) is 0 Å². The molecule has 0 aliphatic carbocycles. The molecule has 2 rings (SSSR count). The average Bonchev–Trinajstić information content (AvgIpc) is 2.47. The highest BCUT2D eigenvalue weighted by Crippen LogP contribution is 2.14. The van der Waals surface area contributed by atoms with Crippen LogP contribution < -0.4 is 0 Å². The molecule has 19 heavy (non-hydrogen) atoms. The van der Waals surface area contributed by atoms with Gasteiger partial charge in [-0.25, -0.2) is 0 Å². The van der Waals surface area contributed by atoms with Crippen LogP contribution in [0.15, 0.2) is 41.5 Å². The standard InChI is InChI=1S/C15H19N3S/c1-4-18(2)15(19-3)17-11-12-9-13-7-5-6-8-14(13)16-10-12/h5-10H,4,11H2,1-3H3. The molecule has 3 nitrogen and oxygen atoms in total. The van der Waals surface area contributed by atoms with E-state index in [1.165, 1.54) is 5.39 Å². The van der Waals surface area contributed by atoms with Crippen molar-refractivity contribution in [2.75, 3.05) is 19.8 Å². The highest BCUT2D eigenvalue weighted by atomic mass is 32.2. The maximum Gasteiger partial charge on any atom is 0.158 e. The lowest BCUT2D eigenvalue weighted by molar-refractivity contribution is 0.543. The van der Waals surface area contributed by atoms with E-state index in [0.29, 0.717) is 6.54 Å². The summed E-state index contributed by atoms with van der Waals surface area (Å²) in [6, 6.07) is 10.3. The van der Waals surface area contributed by atoms with Crippen LogP contribution in [-0.4, -0.2) is 34.9 Å². The number of benzene rings is 1. The molecule has 0 aliphatic heterocycles. The molecule has 0 saturated carbocycles. The van der Waals surface area contributed by atoms with Crippen LogP contribution in [0.25, 0.3) is 10.9 Å². The Morgan fingerprint density at radius 3 is 2.89 bits per heavy atom. The Hall–Kier alpha value is -1.55. The highest BCUT2D eigenvalue weighted by molar-refractivity contribution is 8.13. The molecule has 0 amide bonds. The van der Waals surface area contributed by atoms with Crippen molar-refractivity contribution in [1.29, 1.82) is 0 Å². The molecule has 0 radical (unpaired) electrons. The lowest BCUT2D eigenvalue weighted by Gasteiger charge is -2.17. The third-order valence-corrected chi connectivity index (χ3v) is 3.83. The van der Waals surface area contributed by atoms with Gasteiger partial charge in [0, 0.05) is 25.2 Å². The van der Waals surface area contributed by atoms with E-state index < -0.39 is 0 Å². The van der Waals surface area contributed by atoms with Gasteiger partial charge in [-0.1, -0.05) is 30.0 Å². The fourth-order valence-electron chi connectivity index (χ4n) is 1.84. The Bertz CT molecular complexity index is 580. The topological polar surface area (TPSA) is 28.5 Å². The Balaban J connectivity index is 2.19. The number of fused-ring (bicyclic) bond motifs is 1. The van der Waals surface area contributed by atoms with Gasteiger partial charge in [-0.2, -0.15) is 0 Å². The first kappa shape index (κ1) is 13.9. The third-order valence-electron chi connectivity index (χ3n) is 3.03. The molecule has 4 heteroatoms. The average molecular weight is 273 g/mol. The van der Waals surface area contributed by atoms with Crippen molar-refractivity contribution in [3.05, 3.63) is 42.1 Å². The fourth-order valence-corrected chi connectivity index (χ4v) is 2.47. The molecule has 0 spiro atoms. The number of rotatable bonds is 3. The predicted molar refractivity (Wildman–Crippen MR) is 84.7 cm³/mol. The fraction of sp³-hybridized carbons (Fsp3) is 0.333. The molecular weight excluding hydrogens is 254 g/mol. The van der Waals surface area contributed by atoms with Gasteiger partial charge in [-0.15, -0.1) is 0 Å². The molecule has 1 aromatic heterocycles. The SMILES string of the molecule is CCN(C)C(=NCc1cnc2ccccc2c1)SC. The molecule has 0 aliphatic rings. The number of hydrogen-bond acceptors (Lipinski definition) is 3. The number of para-hydroxylation sites is 1. The van der Waals surface area contributed by atoms with Crippen LogP contribution in [0.3, 0.4) is 0 Å². The normalized spacial score (nSPS) is 11.8. The number of thioether (sulfide) groups is 1. The highest BCUT2D eigenvalue weighted by Gasteiger charge is 2.02. The maximum absolute atomic E-state index is 4.66. The lowest BCUT2D eigenvalue weighted by atomic mass is 10.1. The number of pyridine rings is 1. The van der Waals surface area contributed by atoms with Gasteiger partial charge in [-0.3, -0.25) is 9.98 Å². The summed E-state index contributed by atoms with van der Waals surface area (Å²) in [4.78, 5) is 11.3. The second-order valence-corrected chi connectivity index (χ2v) is 5.13. The van der Waals surface area contributed by atoms with Crippen LogP contribution in [0.1, 0.15) is 12.5 Å². The zero-order valence-corrected chi connectivity index (χ0v) is 12.4. The van der Waals surface area contributed by atoms with Gasteiger partial charge in [-0.05, 0) is 30.9 Å². The van der Waals surface area contributed by atoms with Gasteiger partial charge < -0.3 is 4.90 Å². The molecule has 0 bridgehead atoms. The third kappa shape index (κ3) is 3.47. The Kier molecular flexibility index (Phi) is 4.80. The summed E-state index contributed by atoms with van der Waals surface area (Å²) in [6.07, 6.45) is 3.97. The number of aromatic nitrogens is 1. The van der Waals surface area contributed by atoms with Crippen molar-refractivity contribution in [3.63, 3.8) is 0 Å². The van der Waals surface area contributed by atoms with Crippen LogP contribution in [0.4, 0.5) is 0 Å². The molecule has 0 atom stereocenters. The number of aliphatic imine (C=N–C) groups is 1. The molecule has 0 saturated heterocycles. The quantitative estimate of drug-likeness (QED) is 0.634. The first-order valence-corrected chi connectivity index (χ1v) is 7.60. The number of amidine groups is 1. The minimum absolute atomic E-state index is 0.679. The first-order valence-electron chi connectivity index (χ1n) is 6.38. The largest absolute Gasteiger partial charge is 0.355 e. The van der Waals surface area contributed by atoms with Gasteiger partial charge in [0.15, 0.2) is 5.17 Å².